The first-order valence-corrected chi connectivity index (χ1v) is 30.1. The molecule has 0 bridgehead atoms. The molecule has 426 valence electrons. The monoisotopic (exact) mass is 1040 g/mol. The van der Waals surface area contributed by atoms with Crippen LogP contribution in [0.3, 0.4) is 0 Å². The number of hydrogen-bond donors (Lipinski definition) is 8. The van der Waals surface area contributed by atoms with Gasteiger partial charge in [-0.3, -0.25) is 19.2 Å². The Morgan fingerprint density at radius 1 is 0.311 bits per heavy atom. The lowest BCUT2D eigenvalue weighted by Crippen LogP contribution is -2.16. The van der Waals surface area contributed by atoms with Gasteiger partial charge < -0.3 is 43.8 Å². The van der Waals surface area contributed by atoms with Gasteiger partial charge in [0.2, 0.25) is 11.8 Å². The number of amides is 2. The van der Waals surface area contributed by atoms with E-state index in [2.05, 4.69) is 59.2 Å². The van der Waals surface area contributed by atoms with Gasteiger partial charge in [-0.2, -0.15) is 0 Å². The maximum Gasteiger partial charge on any atom is 0.303 e. The molecular formula is C62H112N6O6. The molecule has 0 atom stereocenters. The van der Waals surface area contributed by atoms with E-state index in [1.54, 1.807) is 0 Å². The van der Waals surface area contributed by atoms with Gasteiger partial charge in [-0.05, 0) is 73.9 Å². The molecule has 0 saturated carbocycles. The van der Waals surface area contributed by atoms with Gasteiger partial charge in [-0.1, -0.05) is 241 Å². The SMILES string of the molecule is NCc1ccccc1CNCCCCCCCCCCCCCCCCCC(N)=O.NCc1ccccc1CNCCCCCCCCCCCCCCCCCC(N)=O.O=C(O)CCCCCCCCC(=O)O. The second-order valence-electron chi connectivity index (χ2n) is 20.7. The van der Waals surface area contributed by atoms with Crippen molar-refractivity contribution < 1.29 is 29.4 Å². The van der Waals surface area contributed by atoms with Gasteiger partial charge in [-0.15, -0.1) is 0 Å². The Labute approximate surface area is 451 Å². The molecule has 0 heterocycles. The lowest BCUT2D eigenvalue weighted by molar-refractivity contribution is -0.138. The molecule has 12 N–H and O–H groups in total. The molecule has 0 spiro atoms. The van der Waals surface area contributed by atoms with Gasteiger partial charge in [0.15, 0.2) is 0 Å². The average molecular weight is 1040 g/mol. The van der Waals surface area contributed by atoms with E-state index in [1.165, 1.54) is 189 Å². The van der Waals surface area contributed by atoms with Crippen molar-refractivity contribution in [1.29, 1.82) is 0 Å². The fraction of sp³-hybridized carbons (Fsp3) is 0.742. The van der Waals surface area contributed by atoms with E-state index in [0.29, 0.717) is 25.9 Å². The predicted octanol–water partition coefficient (Wildman–Crippen LogP) is 14.2. The minimum Gasteiger partial charge on any atom is -0.481 e. The van der Waals surface area contributed by atoms with Gasteiger partial charge in [0, 0.05) is 51.9 Å². The molecule has 0 unspecified atom stereocenters. The van der Waals surface area contributed by atoms with Crippen molar-refractivity contribution in [2.75, 3.05) is 13.1 Å². The number of aliphatic carboxylic acids is 2. The third kappa shape index (κ3) is 51.6. The molecule has 0 fully saturated rings. The molecule has 2 aromatic rings. The minimum atomic E-state index is -0.740. The Bertz CT molecular complexity index is 1480. The third-order valence-electron chi connectivity index (χ3n) is 13.9. The summed E-state index contributed by atoms with van der Waals surface area (Å²) in [5.41, 5.74) is 27.0. The summed E-state index contributed by atoms with van der Waals surface area (Å²) in [7, 11) is 0. The fourth-order valence-corrected chi connectivity index (χ4v) is 9.26. The van der Waals surface area contributed by atoms with E-state index in [0.717, 1.165) is 90.4 Å². The molecule has 2 rings (SSSR count). The van der Waals surface area contributed by atoms with Crippen molar-refractivity contribution in [3.8, 4) is 0 Å². The van der Waals surface area contributed by atoms with Crippen LogP contribution in [0.15, 0.2) is 48.5 Å². The number of unbranched alkanes of at least 4 members (excludes halogenated alkanes) is 33. The van der Waals surface area contributed by atoms with Crippen LogP contribution in [0.2, 0.25) is 0 Å². The molecular weight excluding hydrogens is 925 g/mol. The minimum absolute atomic E-state index is 0.160. The van der Waals surface area contributed by atoms with Crippen molar-refractivity contribution in [2.45, 2.75) is 283 Å². The molecule has 2 amide bonds. The van der Waals surface area contributed by atoms with Crippen LogP contribution in [0.5, 0.6) is 0 Å². The van der Waals surface area contributed by atoms with Gasteiger partial charge in [0.05, 0.1) is 0 Å². The maximum absolute atomic E-state index is 10.7. The summed E-state index contributed by atoms with van der Waals surface area (Å²) in [5, 5.41) is 23.8. The highest BCUT2D eigenvalue weighted by Gasteiger charge is 2.03. The normalized spacial score (nSPS) is 10.9. The first kappa shape index (κ1) is 70.2. The number of hydrogen-bond acceptors (Lipinski definition) is 8. The number of primary amides is 2. The number of carbonyl (C=O) groups is 4. The molecule has 0 aliphatic heterocycles. The van der Waals surface area contributed by atoms with Crippen LogP contribution in [-0.2, 0) is 45.4 Å². The van der Waals surface area contributed by atoms with E-state index < -0.39 is 11.9 Å². The standard InChI is InChI=1S/2C26H47N3O.C10H18O4/c2*27-22-24-18-15-16-19-25(24)23-29-21-17-13-11-9-7-5-3-1-2-4-6-8-10-12-14-20-26(28)30;11-9(12)7-5-3-1-2-4-6-8-10(13)14/h2*15-16,18-19,29H,1-14,17,20-23,27H2,(H2,28,30);1-8H2,(H,11,12)(H,13,14). The summed E-state index contributed by atoms with van der Waals surface area (Å²) in [6.45, 7) is 5.31. The highest BCUT2D eigenvalue weighted by molar-refractivity contribution is 5.73. The number of rotatable bonds is 51. The predicted molar refractivity (Wildman–Crippen MR) is 310 cm³/mol. The van der Waals surface area contributed by atoms with Crippen LogP contribution in [0.25, 0.3) is 0 Å². The number of nitrogens with two attached hydrogens (primary N) is 4. The van der Waals surface area contributed by atoms with Crippen LogP contribution >= 0.6 is 0 Å². The molecule has 0 radical (unpaired) electrons. The lowest BCUT2D eigenvalue weighted by atomic mass is 10.0. The highest BCUT2D eigenvalue weighted by Crippen LogP contribution is 2.16. The topological polar surface area (TPSA) is 237 Å². The molecule has 0 aliphatic rings. The van der Waals surface area contributed by atoms with E-state index in [1.807, 2.05) is 0 Å². The summed E-state index contributed by atoms with van der Waals surface area (Å²) >= 11 is 0. The molecule has 0 aliphatic carbocycles. The smallest absolute Gasteiger partial charge is 0.303 e. The molecule has 12 heteroatoms. The van der Waals surface area contributed by atoms with Crippen LogP contribution < -0.4 is 33.6 Å². The van der Waals surface area contributed by atoms with Crippen LogP contribution in [0.4, 0.5) is 0 Å². The Hall–Kier alpha value is -3.84. The van der Waals surface area contributed by atoms with Crippen molar-refractivity contribution in [3.05, 3.63) is 70.8 Å². The molecule has 0 aromatic heterocycles. The van der Waals surface area contributed by atoms with Gasteiger partial charge >= 0.3 is 11.9 Å². The first-order valence-electron chi connectivity index (χ1n) is 30.1. The van der Waals surface area contributed by atoms with Crippen LogP contribution in [-0.4, -0.2) is 47.1 Å². The molecule has 0 saturated heterocycles. The quantitative estimate of drug-likeness (QED) is 0.0292. The number of carbonyl (C=O) groups excluding carboxylic acids is 2. The number of benzene rings is 2. The zero-order valence-electron chi connectivity index (χ0n) is 47.0. The second-order valence-corrected chi connectivity index (χ2v) is 20.7. The van der Waals surface area contributed by atoms with Crippen LogP contribution in [0.1, 0.15) is 279 Å². The second kappa shape index (κ2) is 55.4. The van der Waals surface area contributed by atoms with Crippen molar-refractivity contribution >= 4 is 23.8 Å². The number of nitrogens with one attached hydrogen (secondary N) is 2. The Morgan fingerprint density at radius 3 is 0.730 bits per heavy atom. The summed E-state index contributed by atoms with van der Waals surface area (Å²) < 4.78 is 0. The van der Waals surface area contributed by atoms with Crippen molar-refractivity contribution in [2.24, 2.45) is 22.9 Å². The van der Waals surface area contributed by atoms with E-state index >= 15 is 0 Å². The first-order chi connectivity index (χ1) is 36.1. The molecule has 12 nitrogen and oxygen atoms in total. The number of carboxylic acids is 2. The zero-order chi connectivity index (χ0) is 54.2. The summed E-state index contributed by atoms with van der Waals surface area (Å²) in [6.07, 6.45) is 46.5. The van der Waals surface area contributed by atoms with E-state index in [9.17, 15) is 19.2 Å². The fourth-order valence-electron chi connectivity index (χ4n) is 9.26. The summed E-state index contributed by atoms with van der Waals surface area (Å²) in [5.74, 6) is -1.80. The summed E-state index contributed by atoms with van der Waals surface area (Å²) in [4.78, 5) is 41.6. The van der Waals surface area contributed by atoms with E-state index in [-0.39, 0.29) is 24.7 Å². The number of carboxylic acid groups (broad SMARTS) is 2. The van der Waals surface area contributed by atoms with Crippen molar-refractivity contribution in [3.63, 3.8) is 0 Å². The van der Waals surface area contributed by atoms with Gasteiger partial charge in [-0.25, -0.2) is 0 Å². The maximum atomic E-state index is 10.7. The van der Waals surface area contributed by atoms with Crippen LogP contribution in [0, 0.1) is 0 Å². The van der Waals surface area contributed by atoms with E-state index in [4.69, 9.17) is 33.1 Å². The Morgan fingerprint density at radius 2 is 0.514 bits per heavy atom. The Kier molecular flexibility index (Phi) is 52.5. The van der Waals surface area contributed by atoms with Gasteiger partial charge in [0.25, 0.3) is 0 Å². The summed E-state index contributed by atoms with van der Waals surface area (Å²) in [6, 6.07) is 16.9. The van der Waals surface area contributed by atoms with Gasteiger partial charge in [0.1, 0.15) is 0 Å². The Balaban J connectivity index is 0.00000115. The largest absolute Gasteiger partial charge is 0.481 e. The lowest BCUT2D eigenvalue weighted by Gasteiger charge is -2.09. The molecule has 74 heavy (non-hydrogen) atoms. The average Bonchev–Trinajstić information content (AvgIpc) is 3.38. The molecule has 2 aromatic carbocycles. The third-order valence-corrected chi connectivity index (χ3v) is 13.9. The van der Waals surface area contributed by atoms with Crippen molar-refractivity contribution in [1.82, 2.24) is 10.6 Å². The zero-order valence-corrected chi connectivity index (χ0v) is 47.0. The highest BCUT2D eigenvalue weighted by atomic mass is 16.4.